The number of hydrogen-bond donors (Lipinski definition) is 0. The van der Waals surface area contributed by atoms with E-state index >= 15 is 0 Å². The van der Waals surface area contributed by atoms with Gasteiger partial charge in [-0.3, -0.25) is 9.59 Å². The van der Waals surface area contributed by atoms with Crippen molar-refractivity contribution in [1.82, 2.24) is 9.80 Å². The maximum absolute atomic E-state index is 12.1. The lowest BCUT2D eigenvalue weighted by molar-refractivity contribution is -0.135. The quantitative estimate of drug-likeness (QED) is 0.634. The molecule has 21 heavy (non-hydrogen) atoms. The second kappa shape index (κ2) is 7.31. The Bertz CT molecular complexity index is 532. The Morgan fingerprint density at radius 1 is 1.05 bits per heavy atom. The second-order valence-electron chi connectivity index (χ2n) is 4.94. The first kappa shape index (κ1) is 15.6. The number of benzene rings is 1. The van der Waals surface area contributed by atoms with Gasteiger partial charge in [0.05, 0.1) is 0 Å². The summed E-state index contributed by atoms with van der Waals surface area (Å²) in [6.45, 7) is 4.02. The topological polar surface area (TPSA) is 40.6 Å². The molecule has 0 aliphatic carbocycles. The number of nitrogens with zero attached hydrogens (tertiary/aromatic N) is 2. The van der Waals surface area contributed by atoms with Crippen LogP contribution in [0, 0.1) is 0 Å². The summed E-state index contributed by atoms with van der Waals surface area (Å²) in [6.07, 6.45) is 5.48. The van der Waals surface area contributed by atoms with E-state index in [1.807, 2.05) is 36.6 Å². The molecule has 4 nitrogen and oxygen atoms in total. The van der Waals surface area contributed by atoms with Crippen molar-refractivity contribution in [2.24, 2.45) is 0 Å². The summed E-state index contributed by atoms with van der Waals surface area (Å²) < 4.78 is 0. The smallest absolute Gasteiger partial charge is 0.246 e. The van der Waals surface area contributed by atoms with Gasteiger partial charge in [0.15, 0.2) is 0 Å². The summed E-state index contributed by atoms with van der Waals surface area (Å²) >= 11 is 1.70. The predicted octanol–water partition coefficient (Wildman–Crippen LogP) is 2.11. The Morgan fingerprint density at radius 2 is 1.62 bits per heavy atom. The lowest BCUT2D eigenvalue weighted by Gasteiger charge is -2.33. The first-order valence-corrected chi connectivity index (χ1v) is 8.19. The summed E-state index contributed by atoms with van der Waals surface area (Å²) in [4.78, 5) is 28.1. The van der Waals surface area contributed by atoms with E-state index in [1.165, 1.54) is 4.90 Å². The van der Waals surface area contributed by atoms with Crippen LogP contribution in [0.15, 0.2) is 35.2 Å². The van der Waals surface area contributed by atoms with Gasteiger partial charge in [0.2, 0.25) is 11.8 Å². The van der Waals surface area contributed by atoms with E-state index in [1.54, 1.807) is 34.6 Å². The Labute approximate surface area is 129 Å². The van der Waals surface area contributed by atoms with Crippen molar-refractivity contribution in [2.75, 3.05) is 32.4 Å². The Balaban J connectivity index is 1.89. The monoisotopic (exact) mass is 304 g/mol. The van der Waals surface area contributed by atoms with Gasteiger partial charge in [-0.05, 0) is 30.0 Å². The lowest BCUT2D eigenvalue weighted by atomic mass is 10.2. The molecule has 1 heterocycles. The standard InChI is InChI=1S/C16H20N2O2S/c1-13(19)17-9-11-18(12-10-17)16(20)8-5-14-3-6-15(21-2)7-4-14/h3-8H,9-12H2,1-2H3/b8-5+. The van der Waals surface area contributed by atoms with Crippen molar-refractivity contribution in [3.63, 3.8) is 0 Å². The Kier molecular flexibility index (Phi) is 5.44. The number of thioether (sulfide) groups is 1. The molecule has 0 bridgehead atoms. The van der Waals surface area contributed by atoms with Crippen molar-refractivity contribution >= 4 is 29.7 Å². The highest BCUT2D eigenvalue weighted by Crippen LogP contribution is 2.15. The average molecular weight is 304 g/mol. The lowest BCUT2D eigenvalue weighted by Crippen LogP contribution is -2.49. The van der Waals surface area contributed by atoms with Crippen LogP contribution >= 0.6 is 11.8 Å². The number of rotatable bonds is 3. The summed E-state index contributed by atoms with van der Waals surface area (Å²) in [5.41, 5.74) is 1.02. The zero-order chi connectivity index (χ0) is 15.2. The molecule has 0 unspecified atom stereocenters. The van der Waals surface area contributed by atoms with Crippen LogP contribution in [0.2, 0.25) is 0 Å². The molecular weight excluding hydrogens is 284 g/mol. The molecule has 0 N–H and O–H groups in total. The van der Waals surface area contributed by atoms with Crippen molar-refractivity contribution < 1.29 is 9.59 Å². The fraction of sp³-hybridized carbons (Fsp3) is 0.375. The van der Waals surface area contributed by atoms with Gasteiger partial charge in [0.1, 0.15) is 0 Å². The maximum atomic E-state index is 12.1. The number of amides is 2. The molecule has 0 saturated carbocycles. The van der Waals surface area contributed by atoms with Gasteiger partial charge in [0, 0.05) is 44.1 Å². The van der Waals surface area contributed by atoms with Crippen LogP contribution in [0.25, 0.3) is 6.08 Å². The molecule has 1 aromatic rings. The van der Waals surface area contributed by atoms with Crippen LogP contribution < -0.4 is 0 Å². The molecule has 1 fully saturated rings. The summed E-state index contributed by atoms with van der Waals surface area (Å²) in [7, 11) is 0. The van der Waals surface area contributed by atoms with E-state index in [0.29, 0.717) is 26.2 Å². The van der Waals surface area contributed by atoms with Crippen molar-refractivity contribution in [3.05, 3.63) is 35.9 Å². The van der Waals surface area contributed by atoms with E-state index in [9.17, 15) is 9.59 Å². The van der Waals surface area contributed by atoms with E-state index in [0.717, 1.165) is 5.56 Å². The van der Waals surface area contributed by atoms with Gasteiger partial charge in [-0.15, -0.1) is 11.8 Å². The minimum atomic E-state index is 0.00662. The summed E-state index contributed by atoms with van der Waals surface area (Å²) in [5.74, 6) is 0.0821. The van der Waals surface area contributed by atoms with Gasteiger partial charge in [-0.1, -0.05) is 12.1 Å². The molecule has 112 valence electrons. The third kappa shape index (κ3) is 4.36. The van der Waals surface area contributed by atoms with Crippen LogP contribution in [0.1, 0.15) is 12.5 Å². The predicted molar refractivity (Wildman–Crippen MR) is 86.1 cm³/mol. The first-order chi connectivity index (χ1) is 10.1. The number of carbonyl (C=O) groups excluding carboxylic acids is 2. The average Bonchev–Trinajstić information content (AvgIpc) is 2.53. The fourth-order valence-electron chi connectivity index (χ4n) is 2.23. The van der Waals surface area contributed by atoms with Crippen molar-refractivity contribution in [2.45, 2.75) is 11.8 Å². The van der Waals surface area contributed by atoms with E-state index < -0.39 is 0 Å². The molecule has 0 atom stereocenters. The molecular formula is C16H20N2O2S. The third-order valence-electron chi connectivity index (χ3n) is 3.57. The molecule has 5 heteroatoms. The largest absolute Gasteiger partial charge is 0.339 e. The maximum Gasteiger partial charge on any atom is 0.246 e. The summed E-state index contributed by atoms with van der Waals surface area (Å²) in [5, 5.41) is 0. The van der Waals surface area contributed by atoms with Gasteiger partial charge in [-0.25, -0.2) is 0 Å². The minimum absolute atomic E-state index is 0.00662. The van der Waals surface area contributed by atoms with Crippen LogP contribution in [-0.4, -0.2) is 54.0 Å². The SMILES string of the molecule is CSc1ccc(/C=C/C(=O)N2CCN(C(C)=O)CC2)cc1. The normalized spacial score (nSPS) is 15.5. The molecule has 1 aliphatic rings. The molecule has 0 aromatic heterocycles. The van der Waals surface area contributed by atoms with Crippen molar-refractivity contribution in [1.29, 1.82) is 0 Å². The molecule has 1 saturated heterocycles. The summed E-state index contributed by atoms with van der Waals surface area (Å²) in [6, 6.07) is 8.09. The number of piperazine rings is 1. The van der Waals surface area contributed by atoms with Gasteiger partial charge < -0.3 is 9.80 Å². The van der Waals surface area contributed by atoms with Gasteiger partial charge >= 0.3 is 0 Å². The number of hydrogen-bond acceptors (Lipinski definition) is 3. The second-order valence-corrected chi connectivity index (χ2v) is 5.82. The van der Waals surface area contributed by atoms with Crippen LogP contribution in [-0.2, 0) is 9.59 Å². The van der Waals surface area contributed by atoms with E-state index in [-0.39, 0.29) is 11.8 Å². The Hall–Kier alpha value is -1.75. The molecule has 0 radical (unpaired) electrons. The van der Waals surface area contributed by atoms with Crippen LogP contribution in [0.3, 0.4) is 0 Å². The van der Waals surface area contributed by atoms with Crippen molar-refractivity contribution in [3.8, 4) is 0 Å². The van der Waals surface area contributed by atoms with E-state index in [2.05, 4.69) is 0 Å². The highest BCUT2D eigenvalue weighted by Gasteiger charge is 2.20. The van der Waals surface area contributed by atoms with E-state index in [4.69, 9.17) is 0 Å². The highest BCUT2D eigenvalue weighted by atomic mass is 32.2. The molecule has 2 rings (SSSR count). The van der Waals surface area contributed by atoms with Gasteiger partial charge in [0.25, 0.3) is 0 Å². The molecule has 1 aromatic carbocycles. The molecule has 2 amide bonds. The highest BCUT2D eigenvalue weighted by molar-refractivity contribution is 7.98. The van der Waals surface area contributed by atoms with Crippen LogP contribution in [0.5, 0.6) is 0 Å². The zero-order valence-electron chi connectivity index (χ0n) is 12.4. The Morgan fingerprint density at radius 3 is 2.14 bits per heavy atom. The third-order valence-corrected chi connectivity index (χ3v) is 4.31. The van der Waals surface area contributed by atoms with Crippen LogP contribution in [0.4, 0.5) is 0 Å². The zero-order valence-corrected chi connectivity index (χ0v) is 13.2. The minimum Gasteiger partial charge on any atom is -0.339 e. The molecule has 0 spiro atoms. The molecule has 1 aliphatic heterocycles. The number of carbonyl (C=O) groups is 2. The van der Waals surface area contributed by atoms with Gasteiger partial charge in [-0.2, -0.15) is 0 Å². The fourth-order valence-corrected chi connectivity index (χ4v) is 2.64. The first-order valence-electron chi connectivity index (χ1n) is 6.96.